The van der Waals surface area contributed by atoms with Crippen LogP contribution in [-0.4, -0.2) is 28.9 Å². The van der Waals surface area contributed by atoms with Crippen LogP contribution in [-0.2, 0) is 0 Å². The van der Waals surface area contributed by atoms with Gasteiger partial charge in [0.25, 0.3) is 5.91 Å². The number of hydrogen-bond donors (Lipinski definition) is 0. The van der Waals surface area contributed by atoms with E-state index in [0.29, 0.717) is 5.69 Å². The molecule has 0 fully saturated rings. The lowest BCUT2D eigenvalue weighted by atomic mass is 10.2. The Hall–Kier alpha value is -1.89. The number of carbonyl (C=O) groups is 1. The van der Waals surface area contributed by atoms with Crippen LogP contribution in [0.3, 0.4) is 0 Å². The van der Waals surface area contributed by atoms with Crippen LogP contribution >= 0.6 is 0 Å². The highest BCUT2D eigenvalue weighted by Crippen LogP contribution is 2.08. The molecule has 0 bridgehead atoms. The number of nitrogens with zero attached hydrogens (tertiary/aromatic N) is 3. The third-order valence-corrected chi connectivity index (χ3v) is 2.30. The maximum absolute atomic E-state index is 11.9. The summed E-state index contributed by atoms with van der Waals surface area (Å²) in [4.78, 5) is 17.3. The van der Waals surface area contributed by atoms with Gasteiger partial charge in [0.1, 0.15) is 11.7 Å². The van der Waals surface area contributed by atoms with Gasteiger partial charge in [-0.1, -0.05) is 6.07 Å². The van der Waals surface area contributed by atoms with Gasteiger partial charge in [-0.2, -0.15) is 5.26 Å². The number of nitriles is 1. The Bertz CT molecular complexity index is 409. The van der Waals surface area contributed by atoms with E-state index >= 15 is 0 Å². The Labute approximate surface area is 89.2 Å². The number of hydrogen-bond acceptors (Lipinski definition) is 3. The molecule has 0 aliphatic rings. The molecule has 1 atom stereocenters. The van der Waals surface area contributed by atoms with Gasteiger partial charge in [-0.05, 0) is 25.5 Å². The van der Waals surface area contributed by atoms with E-state index in [1.54, 1.807) is 26.2 Å². The van der Waals surface area contributed by atoms with Gasteiger partial charge in [-0.25, -0.2) is 0 Å². The highest BCUT2D eigenvalue weighted by atomic mass is 16.2. The highest BCUT2D eigenvalue weighted by molar-refractivity contribution is 5.93. The molecule has 0 aromatic carbocycles. The smallest absolute Gasteiger partial charge is 0.273 e. The first-order valence-corrected chi connectivity index (χ1v) is 4.66. The average Bonchev–Trinajstić information content (AvgIpc) is 2.26. The van der Waals surface area contributed by atoms with Crippen LogP contribution in [0.5, 0.6) is 0 Å². The summed E-state index contributed by atoms with van der Waals surface area (Å²) in [5.74, 6) is -0.220. The summed E-state index contributed by atoms with van der Waals surface area (Å²) >= 11 is 0. The summed E-state index contributed by atoms with van der Waals surface area (Å²) in [6.07, 6.45) is 1.57. The zero-order chi connectivity index (χ0) is 11.4. The largest absolute Gasteiger partial charge is 0.325 e. The first-order chi connectivity index (χ1) is 7.07. The molecule has 1 rings (SSSR count). The van der Waals surface area contributed by atoms with E-state index < -0.39 is 6.04 Å². The Balaban J connectivity index is 2.96. The van der Waals surface area contributed by atoms with Gasteiger partial charge < -0.3 is 4.90 Å². The molecule has 0 spiro atoms. The van der Waals surface area contributed by atoms with Crippen molar-refractivity contribution in [3.05, 3.63) is 29.6 Å². The predicted molar refractivity (Wildman–Crippen MR) is 56.1 cm³/mol. The number of amides is 1. The fraction of sp³-hybridized carbons (Fsp3) is 0.364. The number of rotatable bonds is 2. The maximum atomic E-state index is 11.9. The maximum Gasteiger partial charge on any atom is 0.273 e. The van der Waals surface area contributed by atoms with Gasteiger partial charge in [0.15, 0.2) is 0 Å². The molecule has 1 aromatic heterocycles. The lowest BCUT2D eigenvalue weighted by Gasteiger charge is -2.19. The van der Waals surface area contributed by atoms with E-state index in [-0.39, 0.29) is 5.91 Å². The second-order valence-corrected chi connectivity index (χ2v) is 3.39. The van der Waals surface area contributed by atoms with Crippen LogP contribution in [0.4, 0.5) is 0 Å². The minimum atomic E-state index is -0.445. The molecule has 4 heteroatoms. The van der Waals surface area contributed by atoms with Crippen molar-refractivity contribution >= 4 is 5.91 Å². The third-order valence-electron chi connectivity index (χ3n) is 2.30. The Morgan fingerprint density at radius 3 is 2.87 bits per heavy atom. The fourth-order valence-electron chi connectivity index (χ4n) is 1.14. The van der Waals surface area contributed by atoms with Crippen LogP contribution in [0.25, 0.3) is 0 Å². The average molecular weight is 203 g/mol. The quantitative estimate of drug-likeness (QED) is 0.729. The van der Waals surface area contributed by atoms with Crippen LogP contribution in [0.15, 0.2) is 18.3 Å². The Morgan fingerprint density at radius 1 is 1.67 bits per heavy atom. The normalized spacial score (nSPS) is 11.6. The van der Waals surface area contributed by atoms with Gasteiger partial charge >= 0.3 is 0 Å². The molecular formula is C11H13N3O. The van der Waals surface area contributed by atoms with E-state index in [1.807, 2.05) is 19.1 Å². The first-order valence-electron chi connectivity index (χ1n) is 4.66. The van der Waals surface area contributed by atoms with Crippen molar-refractivity contribution in [2.75, 3.05) is 7.05 Å². The van der Waals surface area contributed by atoms with E-state index in [2.05, 4.69) is 4.98 Å². The summed E-state index contributed by atoms with van der Waals surface area (Å²) < 4.78 is 0. The van der Waals surface area contributed by atoms with Crippen molar-refractivity contribution < 1.29 is 4.79 Å². The summed E-state index contributed by atoms with van der Waals surface area (Å²) in [6.45, 7) is 3.50. The molecule has 78 valence electrons. The number of aryl methyl sites for hydroxylation is 1. The minimum absolute atomic E-state index is 0.220. The van der Waals surface area contributed by atoms with E-state index in [1.165, 1.54) is 4.90 Å². The van der Waals surface area contributed by atoms with Crippen LogP contribution in [0.2, 0.25) is 0 Å². The van der Waals surface area contributed by atoms with Gasteiger partial charge in [0.2, 0.25) is 0 Å². The Morgan fingerprint density at radius 2 is 2.33 bits per heavy atom. The third kappa shape index (κ3) is 2.32. The molecule has 1 heterocycles. The molecule has 1 amide bonds. The molecule has 0 N–H and O–H groups in total. The molecule has 0 saturated carbocycles. The lowest BCUT2D eigenvalue weighted by molar-refractivity contribution is 0.0766. The van der Waals surface area contributed by atoms with Crippen molar-refractivity contribution in [2.45, 2.75) is 19.9 Å². The highest BCUT2D eigenvalue weighted by Gasteiger charge is 2.19. The monoisotopic (exact) mass is 203 g/mol. The zero-order valence-electron chi connectivity index (χ0n) is 9.06. The number of aromatic nitrogens is 1. The molecule has 0 saturated heterocycles. The number of carbonyl (C=O) groups excluding carboxylic acids is 1. The molecule has 15 heavy (non-hydrogen) atoms. The van der Waals surface area contributed by atoms with E-state index in [9.17, 15) is 4.79 Å². The predicted octanol–water partition coefficient (Wildman–Crippen LogP) is 1.37. The van der Waals surface area contributed by atoms with Gasteiger partial charge in [0, 0.05) is 13.2 Å². The van der Waals surface area contributed by atoms with Crippen LogP contribution in [0, 0.1) is 18.3 Å². The van der Waals surface area contributed by atoms with Crippen LogP contribution < -0.4 is 0 Å². The lowest BCUT2D eigenvalue weighted by Crippen LogP contribution is -2.34. The molecule has 0 aliphatic heterocycles. The summed E-state index contributed by atoms with van der Waals surface area (Å²) in [5.41, 5.74) is 1.22. The van der Waals surface area contributed by atoms with Gasteiger partial charge in [0.05, 0.1) is 6.07 Å². The van der Waals surface area contributed by atoms with Crippen LogP contribution in [0.1, 0.15) is 23.0 Å². The summed E-state index contributed by atoms with van der Waals surface area (Å²) in [5, 5.41) is 8.71. The summed E-state index contributed by atoms with van der Waals surface area (Å²) in [6, 6.07) is 5.17. The Kier molecular flexibility index (Phi) is 3.40. The SMILES string of the molecule is Cc1cccnc1C(=O)N(C)C(C)C#N. The molecule has 0 radical (unpaired) electrons. The van der Waals surface area contributed by atoms with Crippen molar-refractivity contribution in [3.63, 3.8) is 0 Å². The standard InChI is InChI=1S/C11H13N3O/c1-8-5-4-6-13-10(8)11(15)14(3)9(2)7-12/h4-6,9H,1-3H3. The molecule has 4 nitrogen and oxygen atoms in total. The van der Waals surface area contributed by atoms with Crippen molar-refractivity contribution in [1.82, 2.24) is 9.88 Å². The van der Waals surface area contributed by atoms with Gasteiger partial charge in [-0.3, -0.25) is 9.78 Å². The second kappa shape index (κ2) is 4.56. The number of pyridine rings is 1. The van der Waals surface area contributed by atoms with Crippen molar-refractivity contribution in [1.29, 1.82) is 5.26 Å². The van der Waals surface area contributed by atoms with Crippen molar-refractivity contribution in [2.24, 2.45) is 0 Å². The summed E-state index contributed by atoms with van der Waals surface area (Å²) in [7, 11) is 1.60. The van der Waals surface area contributed by atoms with E-state index in [0.717, 1.165) is 5.56 Å². The minimum Gasteiger partial charge on any atom is -0.325 e. The topological polar surface area (TPSA) is 57.0 Å². The fourth-order valence-corrected chi connectivity index (χ4v) is 1.14. The molecule has 1 aromatic rings. The first kappa shape index (κ1) is 11.2. The molecule has 0 aliphatic carbocycles. The molecule has 1 unspecified atom stereocenters. The molecular weight excluding hydrogens is 190 g/mol. The van der Waals surface area contributed by atoms with Gasteiger partial charge in [-0.15, -0.1) is 0 Å². The zero-order valence-corrected chi connectivity index (χ0v) is 9.06. The van der Waals surface area contributed by atoms with Crippen molar-refractivity contribution in [3.8, 4) is 6.07 Å². The second-order valence-electron chi connectivity index (χ2n) is 3.39. The van der Waals surface area contributed by atoms with E-state index in [4.69, 9.17) is 5.26 Å².